The zero-order valence-electron chi connectivity index (χ0n) is 5.75. The number of hydrogen-bond acceptors (Lipinski definition) is 1. The molecule has 0 spiro atoms. The van der Waals surface area contributed by atoms with Crippen molar-refractivity contribution in [2.45, 2.75) is 0 Å². The van der Waals surface area contributed by atoms with Gasteiger partial charge >= 0.3 is 33.3 Å². The molecular formula is C7H7ClO2Pb. The summed E-state index contributed by atoms with van der Waals surface area (Å²) in [5, 5.41) is 8.75. The molecule has 1 rings (SSSR count). The molecule has 0 saturated carbocycles. The first-order valence-corrected chi connectivity index (χ1v) is 3.07. The van der Waals surface area contributed by atoms with Gasteiger partial charge in [-0.25, -0.2) is 4.79 Å². The first-order valence-electron chi connectivity index (χ1n) is 2.69. The Kier molecular flexibility index (Phi) is 4.67. The quantitative estimate of drug-likeness (QED) is 0.757. The molecule has 0 amide bonds. The molecule has 0 aromatic heterocycles. The number of rotatable bonds is 1. The van der Waals surface area contributed by atoms with E-state index in [0.717, 1.165) is 0 Å². The molecule has 0 saturated heterocycles. The van der Waals surface area contributed by atoms with Gasteiger partial charge in [0.25, 0.3) is 0 Å². The Bertz CT molecular complexity index is 262. The zero-order valence-corrected chi connectivity index (χ0v) is 12.0. The van der Waals surface area contributed by atoms with Crippen LogP contribution in [0.3, 0.4) is 0 Å². The van der Waals surface area contributed by atoms with Gasteiger partial charge in [-0.05, 0) is 12.1 Å². The second-order valence-electron chi connectivity index (χ2n) is 1.78. The molecule has 1 N–H and O–H groups in total. The van der Waals surface area contributed by atoms with Crippen molar-refractivity contribution in [2.24, 2.45) is 0 Å². The third-order valence-electron chi connectivity index (χ3n) is 1.10. The number of carboxylic acids is 1. The van der Waals surface area contributed by atoms with E-state index in [1.807, 2.05) is 0 Å². The summed E-state index contributed by atoms with van der Waals surface area (Å²) < 4.78 is 0. The van der Waals surface area contributed by atoms with E-state index < -0.39 is 5.97 Å². The van der Waals surface area contributed by atoms with Crippen LogP contribution in [-0.4, -0.2) is 38.4 Å². The van der Waals surface area contributed by atoms with Crippen molar-refractivity contribution >= 4 is 44.9 Å². The van der Waals surface area contributed by atoms with Crippen molar-refractivity contribution in [3.8, 4) is 0 Å². The SMILES string of the molecule is O=C(O)c1ccccc1Cl.[PbH2]. The van der Waals surface area contributed by atoms with Gasteiger partial charge in [-0.2, -0.15) is 0 Å². The molecule has 0 bridgehead atoms. The summed E-state index contributed by atoms with van der Waals surface area (Å²) in [5.74, 6) is -0.995. The van der Waals surface area contributed by atoms with Crippen molar-refractivity contribution in [3.63, 3.8) is 0 Å². The van der Waals surface area contributed by atoms with Crippen LogP contribution in [0.15, 0.2) is 24.3 Å². The van der Waals surface area contributed by atoms with E-state index in [1.54, 1.807) is 18.2 Å². The van der Waals surface area contributed by atoms with Crippen molar-refractivity contribution in [2.75, 3.05) is 0 Å². The van der Waals surface area contributed by atoms with Gasteiger partial charge in [-0.1, -0.05) is 23.7 Å². The Labute approximate surface area is 89.3 Å². The van der Waals surface area contributed by atoms with Crippen molar-refractivity contribution < 1.29 is 9.90 Å². The maximum atomic E-state index is 10.3. The van der Waals surface area contributed by atoms with Crippen LogP contribution in [0.5, 0.6) is 0 Å². The molecule has 1 aromatic carbocycles. The van der Waals surface area contributed by atoms with E-state index >= 15 is 0 Å². The Morgan fingerprint density at radius 1 is 1.36 bits per heavy atom. The van der Waals surface area contributed by atoms with E-state index in [-0.39, 0.29) is 37.9 Å². The van der Waals surface area contributed by atoms with Crippen molar-refractivity contribution in [1.82, 2.24) is 0 Å². The average molecular weight is 366 g/mol. The van der Waals surface area contributed by atoms with E-state index in [4.69, 9.17) is 16.7 Å². The normalized spacial score (nSPS) is 8.45. The van der Waals surface area contributed by atoms with Gasteiger partial charge in [0.1, 0.15) is 0 Å². The van der Waals surface area contributed by atoms with Gasteiger partial charge in [-0.15, -0.1) is 0 Å². The first-order chi connectivity index (χ1) is 4.72. The molecule has 0 fully saturated rings. The summed E-state index contributed by atoms with van der Waals surface area (Å²) in [7, 11) is 0. The van der Waals surface area contributed by atoms with Crippen LogP contribution in [0.25, 0.3) is 0 Å². The molecule has 1 aromatic rings. The summed E-state index contributed by atoms with van der Waals surface area (Å²) in [6, 6.07) is 6.33. The number of halogens is 1. The number of benzene rings is 1. The predicted octanol–water partition coefficient (Wildman–Crippen LogP) is 1.12. The molecule has 4 heteroatoms. The molecule has 0 heterocycles. The van der Waals surface area contributed by atoms with Crippen LogP contribution in [-0.2, 0) is 0 Å². The number of hydrogen-bond donors (Lipinski definition) is 1. The average Bonchev–Trinajstić information content (AvgIpc) is 1.88. The van der Waals surface area contributed by atoms with Gasteiger partial charge in [0.2, 0.25) is 0 Å². The maximum absolute atomic E-state index is 10.3. The van der Waals surface area contributed by atoms with Gasteiger partial charge < -0.3 is 5.11 Å². The Balaban J connectivity index is 0.000001000. The summed E-state index contributed by atoms with van der Waals surface area (Å²) >= 11 is 5.54. The summed E-state index contributed by atoms with van der Waals surface area (Å²) in [4.78, 5) is 10.3. The fourth-order valence-electron chi connectivity index (χ4n) is 0.635. The predicted molar refractivity (Wildman–Crippen MR) is 47.0 cm³/mol. The minimum absolute atomic E-state index is 0. The number of aromatic carboxylic acids is 1. The first kappa shape index (κ1) is 10.9. The van der Waals surface area contributed by atoms with Crippen molar-refractivity contribution in [3.05, 3.63) is 34.9 Å². The molecule has 0 atom stereocenters. The molecule has 2 radical (unpaired) electrons. The fraction of sp³-hybridized carbons (Fsp3) is 0. The summed E-state index contributed by atoms with van der Waals surface area (Å²) in [5.41, 5.74) is 0.143. The molecule has 0 aliphatic heterocycles. The second-order valence-corrected chi connectivity index (χ2v) is 2.19. The molecule has 0 aliphatic rings. The van der Waals surface area contributed by atoms with Crippen LogP contribution in [0.1, 0.15) is 10.4 Å². The monoisotopic (exact) mass is 366 g/mol. The fourth-order valence-corrected chi connectivity index (χ4v) is 0.851. The Hall–Kier alpha value is -0.0979. The Morgan fingerprint density at radius 2 is 1.91 bits per heavy atom. The van der Waals surface area contributed by atoms with E-state index in [0.29, 0.717) is 0 Å². The van der Waals surface area contributed by atoms with E-state index in [9.17, 15) is 4.79 Å². The Morgan fingerprint density at radius 3 is 2.27 bits per heavy atom. The number of carboxylic acid groups (broad SMARTS) is 1. The van der Waals surface area contributed by atoms with Gasteiger partial charge in [0.05, 0.1) is 10.6 Å². The summed E-state index contributed by atoms with van der Waals surface area (Å²) in [6.45, 7) is 0. The van der Waals surface area contributed by atoms with Gasteiger partial charge in [-0.3, -0.25) is 0 Å². The van der Waals surface area contributed by atoms with Crippen molar-refractivity contribution in [1.29, 1.82) is 0 Å². The van der Waals surface area contributed by atoms with Gasteiger partial charge in [0.15, 0.2) is 0 Å². The van der Waals surface area contributed by atoms with Crippen LogP contribution >= 0.6 is 11.6 Å². The molecule has 0 aliphatic carbocycles. The molecular weight excluding hydrogens is 359 g/mol. The second kappa shape index (κ2) is 4.71. The molecule has 58 valence electrons. The minimum atomic E-state index is -0.995. The third kappa shape index (κ3) is 2.78. The van der Waals surface area contributed by atoms with Crippen LogP contribution in [0.2, 0.25) is 5.02 Å². The van der Waals surface area contributed by atoms with E-state index in [1.165, 1.54) is 6.07 Å². The molecule has 11 heavy (non-hydrogen) atoms. The summed E-state index contributed by atoms with van der Waals surface area (Å²) in [6.07, 6.45) is 0. The van der Waals surface area contributed by atoms with Crippen LogP contribution in [0.4, 0.5) is 0 Å². The topological polar surface area (TPSA) is 37.3 Å². The number of carbonyl (C=O) groups is 1. The van der Waals surface area contributed by atoms with Gasteiger partial charge in [0, 0.05) is 0 Å². The molecule has 0 unspecified atom stereocenters. The standard InChI is InChI=1S/C7H5ClO2.Pb.2H/c8-6-4-2-1-3-5(6)7(9)10;;;/h1-4H,(H,9,10);;;. The van der Waals surface area contributed by atoms with Crippen LogP contribution in [0, 0.1) is 0 Å². The van der Waals surface area contributed by atoms with E-state index in [2.05, 4.69) is 0 Å². The van der Waals surface area contributed by atoms with Crippen LogP contribution < -0.4 is 0 Å². The molecule has 2 nitrogen and oxygen atoms in total. The third-order valence-corrected chi connectivity index (χ3v) is 1.43. The zero-order chi connectivity index (χ0) is 7.56.